The van der Waals surface area contributed by atoms with Crippen LogP contribution in [0.2, 0.25) is 5.02 Å². The maximum Gasteiger partial charge on any atom is 0.263 e. The second kappa shape index (κ2) is 8.40. The fourth-order valence-corrected chi connectivity index (χ4v) is 3.57. The van der Waals surface area contributed by atoms with Crippen LogP contribution in [-0.4, -0.2) is 27.3 Å². The molecule has 0 unspecified atom stereocenters. The maximum atomic E-state index is 12.5. The standard InChI is InChI=1S/C24H23ClN4O2/c1-14-6-5-7-19-15(2)11-21(27-24(14)19)29-22(12-17(4)28-29)26-23(30)13-31-18-8-9-20(25)16(3)10-18/h5-12H,13H2,1-4H3,(H,26,30). The Kier molecular flexibility index (Phi) is 5.65. The van der Waals surface area contributed by atoms with Crippen LogP contribution in [0.25, 0.3) is 16.7 Å². The minimum atomic E-state index is -0.289. The van der Waals surface area contributed by atoms with Gasteiger partial charge in [-0.3, -0.25) is 4.79 Å². The third-order valence-electron chi connectivity index (χ3n) is 5.05. The summed E-state index contributed by atoms with van der Waals surface area (Å²) in [6.07, 6.45) is 0. The van der Waals surface area contributed by atoms with Crippen molar-refractivity contribution in [3.8, 4) is 11.6 Å². The lowest BCUT2D eigenvalue weighted by Crippen LogP contribution is -2.22. The van der Waals surface area contributed by atoms with E-state index >= 15 is 0 Å². The summed E-state index contributed by atoms with van der Waals surface area (Å²) < 4.78 is 7.26. The van der Waals surface area contributed by atoms with Crippen LogP contribution in [0.1, 0.15) is 22.4 Å². The molecule has 0 bridgehead atoms. The van der Waals surface area contributed by atoms with E-state index in [0.29, 0.717) is 22.4 Å². The number of nitrogens with one attached hydrogen (secondary N) is 1. The molecule has 0 aliphatic heterocycles. The highest BCUT2D eigenvalue weighted by molar-refractivity contribution is 6.31. The lowest BCUT2D eigenvalue weighted by Gasteiger charge is -2.12. The molecule has 0 spiro atoms. The molecule has 4 rings (SSSR count). The van der Waals surface area contributed by atoms with E-state index < -0.39 is 0 Å². The number of nitrogens with zero attached hydrogens (tertiary/aromatic N) is 3. The van der Waals surface area contributed by atoms with Crippen LogP contribution in [-0.2, 0) is 4.79 Å². The van der Waals surface area contributed by atoms with E-state index in [2.05, 4.69) is 16.5 Å². The Morgan fingerprint density at radius 2 is 1.84 bits per heavy atom. The predicted molar refractivity (Wildman–Crippen MR) is 123 cm³/mol. The highest BCUT2D eigenvalue weighted by Gasteiger charge is 2.14. The number of halogens is 1. The molecule has 7 heteroatoms. The molecule has 0 aliphatic rings. The summed E-state index contributed by atoms with van der Waals surface area (Å²) in [6.45, 7) is 7.71. The molecular formula is C24H23ClN4O2. The quantitative estimate of drug-likeness (QED) is 0.461. The van der Waals surface area contributed by atoms with Gasteiger partial charge in [0.25, 0.3) is 5.91 Å². The summed E-state index contributed by atoms with van der Waals surface area (Å²) in [7, 11) is 0. The van der Waals surface area contributed by atoms with E-state index in [9.17, 15) is 4.79 Å². The number of hydrogen-bond donors (Lipinski definition) is 1. The first-order valence-corrected chi connectivity index (χ1v) is 10.3. The number of aromatic nitrogens is 3. The van der Waals surface area contributed by atoms with Crippen molar-refractivity contribution in [3.05, 3.63) is 75.9 Å². The minimum Gasteiger partial charge on any atom is -0.484 e. The summed E-state index contributed by atoms with van der Waals surface area (Å²) in [5.41, 5.74) is 4.76. The number of rotatable bonds is 5. The van der Waals surface area contributed by atoms with E-state index in [4.69, 9.17) is 21.3 Å². The van der Waals surface area contributed by atoms with E-state index in [1.54, 1.807) is 22.9 Å². The van der Waals surface area contributed by atoms with Crippen LogP contribution in [0.15, 0.2) is 48.5 Å². The molecule has 0 atom stereocenters. The van der Waals surface area contributed by atoms with Crippen LogP contribution < -0.4 is 10.1 Å². The number of amides is 1. The van der Waals surface area contributed by atoms with Crippen molar-refractivity contribution in [2.75, 3.05) is 11.9 Å². The molecule has 6 nitrogen and oxygen atoms in total. The lowest BCUT2D eigenvalue weighted by atomic mass is 10.1. The van der Waals surface area contributed by atoms with Gasteiger partial charge in [-0.15, -0.1) is 0 Å². The number of fused-ring (bicyclic) bond motifs is 1. The Morgan fingerprint density at radius 1 is 1.03 bits per heavy atom. The molecule has 2 aromatic heterocycles. The van der Waals surface area contributed by atoms with Gasteiger partial charge in [0.15, 0.2) is 12.4 Å². The molecule has 4 aromatic rings. The number of ether oxygens (including phenoxy) is 1. The van der Waals surface area contributed by atoms with Gasteiger partial charge in [-0.1, -0.05) is 29.8 Å². The van der Waals surface area contributed by atoms with Crippen LogP contribution in [0, 0.1) is 27.7 Å². The van der Waals surface area contributed by atoms with Crippen LogP contribution in [0.3, 0.4) is 0 Å². The SMILES string of the molecule is Cc1cc(NC(=O)COc2ccc(Cl)c(C)c2)n(-c2cc(C)c3cccc(C)c3n2)n1. The van der Waals surface area contributed by atoms with E-state index in [-0.39, 0.29) is 12.5 Å². The summed E-state index contributed by atoms with van der Waals surface area (Å²) in [4.78, 5) is 17.3. The van der Waals surface area contributed by atoms with Crippen molar-refractivity contribution in [2.45, 2.75) is 27.7 Å². The molecule has 0 saturated carbocycles. The highest BCUT2D eigenvalue weighted by atomic mass is 35.5. The van der Waals surface area contributed by atoms with Gasteiger partial charge in [0.1, 0.15) is 11.6 Å². The molecule has 31 heavy (non-hydrogen) atoms. The summed E-state index contributed by atoms with van der Waals surface area (Å²) in [5, 5.41) is 9.17. The first-order valence-electron chi connectivity index (χ1n) is 9.94. The summed E-state index contributed by atoms with van der Waals surface area (Å²) in [5.74, 6) is 1.49. The molecule has 2 heterocycles. The third-order valence-corrected chi connectivity index (χ3v) is 5.47. The topological polar surface area (TPSA) is 69.0 Å². The molecule has 0 saturated heterocycles. The van der Waals surface area contributed by atoms with Gasteiger partial charge in [0.05, 0.1) is 11.2 Å². The molecule has 0 fully saturated rings. The van der Waals surface area contributed by atoms with Crippen molar-refractivity contribution in [1.29, 1.82) is 0 Å². The fourth-order valence-electron chi connectivity index (χ4n) is 3.45. The number of carbonyl (C=O) groups excluding carboxylic acids is 1. The molecule has 0 radical (unpaired) electrons. The average Bonchev–Trinajstić information content (AvgIpc) is 3.09. The lowest BCUT2D eigenvalue weighted by molar-refractivity contribution is -0.118. The Hall–Kier alpha value is -3.38. The van der Waals surface area contributed by atoms with Gasteiger partial charge in [-0.25, -0.2) is 4.98 Å². The predicted octanol–water partition coefficient (Wildman–Crippen LogP) is 5.33. The number of para-hydroxylation sites is 1. The molecule has 1 amide bonds. The maximum absolute atomic E-state index is 12.5. The fraction of sp³-hybridized carbons (Fsp3) is 0.208. The zero-order valence-corrected chi connectivity index (χ0v) is 18.6. The highest BCUT2D eigenvalue weighted by Crippen LogP contribution is 2.25. The van der Waals surface area contributed by atoms with Crippen LogP contribution in [0.4, 0.5) is 5.82 Å². The number of aryl methyl sites for hydroxylation is 4. The van der Waals surface area contributed by atoms with E-state index in [1.807, 2.05) is 52.0 Å². The van der Waals surface area contributed by atoms with E-state index in [0.717, 1.165) is 33.3 Å². The molecule has 0 aliphatic carbocycles. The third kappa shape index (κ3) is 4.39. The van der Waals surface area contributed by atoms with Gasteiger partial charge >= 0.3 is 0 Å². The molecular weight excluding hydrogens is 412 g/mol. The van der Waals surface area contributed by atoms with Crippen molar-refractivity contribution in [2.24, 2.45) is 0 Å². The zero-order valence-electron chi connectivity index (χ0n) is 17.9. The summed E-state index contributed by atoms with van der Waals surface area (Å²) in [6, 6.07) is 15.2. The van der Waals surface area contributed by atoms with Gasteiger partial charge in [0.2, 0.25) is 0 Å². The van der Waals surface area contributed by atoms with Gasteiger partial charge < -0.3 is 10.1 Å². The Balaban J connectivity index is 1.57. The zero-order chi connectivity index (χ0) is 22.1. The summed E-state index contributed by atoms with van der Waals surface area (Å²) >= 11 is 6.04. The van der Waals surface area contributed by atoms with Crippen molar-refractivity contribution < 1.29 is 9.53 Å². The molecule has 1 N–H and O–H groups in total. The second-order valence-corrected chi connectivity index (χ2v) is 8.01. The first-order chi connectivity index (χ1) is 14.8. The number of hydrogen-bond acceptors (Lipinski definition) is 4. The Bertz CT molecular complexity index is 1300. The smallest absolute Gasteiger partial charge is 0.263 e. The van der Waals surface area contributed by atoms with Gasteiger partial charge in [-0.05, 0) is 68.7 Å². The van der Waals surface area contributed by atoms with E-state index in [1.165, 1.54) is 0 Å². The van der Waals surface area contributed by atoms with Crippen LogP contribution >= 0.6 is 11.6 Å². The molecule has 158 valence electrons. The van der Waals surface area contributed by atoms with Crippen molar-refractivity contribution in [3.63, 3.8) is 0 Å². The van der Waals surface area contributed by atoms with Crippen molar-refractivity contribution >= 4 is 34.2 Å². The average molecular weight is 435 g/mol. The first kappa shape index (κ1) is 20.9. The van der Waals surface area contributed by atoms with Gasteiger partial charge in [0, 0.05) is 16.5 Å². The number of pyridine rings is 1. The largest absolute Gasteiger partial charge is 0.484 e. The Labute approximate surface area is 185 Å². The number of carbonyl (C=O) groups is 1. The van der Waals surface area contributed by atoms with Gasteiger partial charge in [-0.2, -0.15) is 9.78 Å². The monoisotopic (exact) mass is 434 g/mol. The second-order valence-electron chi connectivity index (χ2n) is 7.60. The van der Waals surface area contributed by atoms with Crippen molar-refractivity contribution in [1.82, 2.24) is 14.8 Å². The number of anilines is 1. The van der Waals surface area contributed by atoms with Crippen LogP contribution in [0.5, 0.6) is 5.75 Å². The molecule has 2 aromatic carbocycles. The number of benzene rings is 2. The Morgan fingerprint density at radius 3 is 2.61 bits per heavy atom. The normalized spacial score (nSPS) is 11.0. The minimum absolute atomic E-state index is 0.130.